The van der Waals surface area contributed by atoms with Crippen LogP contribution in [0.5, 0.6) is 0 Å². The van der Waals surface area contributed by atoms with Crippen molar-refractivity contribution in [1.29, 1.82) is 0 Å². The third-order valence-corrected chi connectivity index (χ3v) is 5.84. The summed E-state index contributed by atoms with van der Waals surface area (Å²) in [5.41, 5.74) is 5.55. The molecule has 0 amide bonds. The van der Waals surface area contributed by atoms with E-state index < -0.39 is 0 Å². The number of hydrogen-bond acceptors (Lipinski definition) is 2. The van der Waals surface area contributed by atoms with Gasteiger partial charge in [0.15, 0.2) is 5.11 Å². The fourth-order valence-corrected chi connectivity index (χ4v) is 4.44. The number of thiocarbonyl (C=S) groups is 1. The molecule has 1 aliphatic heterocycles. The van der Waals surface area contributed by atoms with E-state index in [2.05, 4.69) is 99.6 Å². The van der Waals surface area contributed by atoms with Crippen molar-refractivity contribution in [1.82, 2.24) is 14.9 Å². The number of nitrogens with one attached hydrogen (secondary N) is 1. The summed E-state index contributed by atoms with van der Waals surface area (Å²) in [7, 11) is 0. The van der Waals surface area contributed by atoms with Gasteiger partial charge in [0.25, 0.3) is 0 Å². The van der Waals surface area contributed by atoms with Crippen molar-refractivity contribution in [3.63, 3.8) is 0 Å². The van der Waals surface area contributed by atoms with Gasteiger partial charge >= 0.3 is 0 Å². The molecule has 148 valence electrons. The van der Waals surface area contributed by atoms with Crippen LogP contribution in [0.25, 0.3) is 5.69 Å². The van der Waals surface area contributed by atoms with Crippen molar-refractivity contribution in [3.05, 3.63) is 114 Å². The molecule has 4 aromatic rings. The molecule has 0 bridgehead atoms. The maximum atomic E-state index is 5.82. The summed E-state index contributed by atoms with van der Waals surface area (Å²) in [6.45, 7) is 2.10. The van der Waals surface area contributed by atoms with Gasteiger partial charge in [-0.25, -0.2) is 0 Å². The largest absolute Gasteiger partial charge is 0.351 e. The number of aryl methyl sites for hydroxylation is 1. The van der Waals surface area contributed by atoms with Gasteiger partial charge in [-0.1, -0.05) is 42.0 Å². The lowest BCUT2D eigenvalue weighted by Gasteiger charge is -2.29. The topological polar surface area (TPSA) is 33.1 Å². The fraction of sp³-hybridized carbons (Fsp3) is 0.120. The van der Waals surface area contributed by atoms with Gasteiger partial charge in [-0.2, -0.15) is 0 Å². The van der Waals surface area contributed by atoms with Crippen LogP contribution in [0.1, 0.15) is 29.0 Å². The number of para-hydroxylation sites is 1. The lowest BCUT2D eigenvalue weighted by molar-refractivity contribution is 0.549. The van der Waals surface area contributed by atoms with E-state index in [0.717, 1.165) is 22.8 Å². The number of anilines is 1. The maximum absolute atomic E-state index is 5.82. The first-order valence-corrected chi connectivity index (χ1v) is 10.4. The Labute approximate surface area is 181 Å². The first-order chi connectivity index (χ1) is 14.7. The van der Waals surface area contributed by atoms with E-state index >= 15 is 0 Å². The zero-order valence-electron chi connectivity index (χ0n) is 16.6. The van der Waals surface area contributed by atoms with Gasteiger partial charge in [-0.3, -0.25) is 4.98 Å². The highest BCUT2D eigenvalue weighted by Crippen LogP contribution is 2.42. The summed E-state index contributed by atoms with van der Waals surface area (Å²) in [4.78, 5) is 6.85. The van der Waals surface area contributed by atoms with Gasteiger partial charge in [0.1, 0.15) is 6.04 Å². The number of benzene rings is 2. The Hall–Kier alpha value is -3.44. The molecule has 30 heavy (non-hydrogen) atoms. The minimum Gasteiger partial charge on any atom is -0.351 e. The molecule has 0 radical (unpaired) electrons. The van der Waals surface area contributed by atoms with Gasteiger partial charge in [-0.15, -0.1) is 0 Å². The van der Waals surface area contributed by atoms with Crippen molar-refractivity contribution < 1.29 is 0 Å². The molecule has 0 saturated carbocycles. The van der Waals surface area contributed by atoms with Crippen LogP contribution in [0, 0.1) is 6.92 Å². The average molecular weight is 411 g/mol. The predicted octanol–water partition coefficient (Wildman–Crippen LogP) is 5.36. The summed E-state index contributed by atoms with van der Waals surface area (Å²) in [6.07, 6.45) is 3.94. The highest BCUT2D eigenvalue weighted by molar-refractivity contribution is 7.80. The quantitative estimate of drug-likeness (QED) is 0.459. The van der Waals surface area contributed by atoms with Crippen molar-refractivity contribution in [2.24, 2.45) is 0 Å². The third-order valence-electron chi connectivity index (χ3n) is 5.53. The molecule has 1 fully saturated rings. The molecular formula is C25H22N4S. The molecule has 0 spiro atoms. The number of rotatable bonds is 4. The summed E-state index contributed by atoms with van der Waals surface area (Å²) >= 11 is 5.82. The highest BCUT2D eigenvalue weighted by Gasteiger charge is 2.42. The van der Waals surface area contributed by atoms with E-state index in [1.807, 2.05) is 24.4 Å². The number of pyridine rings is 1. The highest BCUT2D eigenvalue weighted by atomic mass is 32.1. The monoisotopic (exact) mass is 410 g/mol. The first-order valence-electron chi connectivity index (χ1n) is 10.0. The van der Waals surface area contributed by atoms with Crippen LogP contribution in [0.4, 0.5) is 5.69 Å². The molecule has 5 heteroatoms. The van der Waals surface area contributed by atoms with E-state index in [0.29, 0.717) is 5.11 Å². The Morgan fingerprint density at radius 1 is 0.833 bits per heavy atom. The second-order valence-electron chi connectivity index (χ2n) is 7.47. The second kappa shape index (κ2) is 7.76. The number of nitrogens with zero attached hydrogens (tertiary/aromatic N) is 3. The van der Waals surface area contributed by atoms with Gasteiger partial charge in [0.05, 0.1) is 11.7 Å². The van der Waals surface area contributed by atoms with Crippen molar-refractivity contribution in [2.45, 2.75) is 19.0 Å². The summed E-state index contributed by atoms with van der Waals surface area (Å²) in [6, 6.07) is 29.1. The SMILES string of the molecule is Cc1ccc(N2C(=S)N[C@H](c3ccccn3)[C@H]2c2cccn2-c2ccccc2)cc1. The fourth-order valence-electron chi connectivity index (χ4n) is 4.10. The van der Waals surface area contributed by atoms with Crippen molar-refractivity contribution >= 4 is 23.0 Å². The Kier molecular flexibility index (Phi) is 4.81. The molecule has 3 heterocycles. The minimum absolute atomic E-state index is 0.0367. The molecule has 2 aromatic carbocycles. The molecule has 4 nitrogen and oxygen atoms in total. The first kappa shape index (κ1) is 18.6. The van der Waals surface area contributed by atoms with Gasteiger partial charge < -0.3 is 14.8 Å². The molecular weight excluding hydrogens is 388 g/mol. The second-order valence-corrected chi connectivity index (χ2v) is 7.86. The number of aromatic nitrogens is 2. The molecule has 1 aliphatic rings. The zero-order valence-corrected chi connectivity index (χ0v) is 17.5. The van der Waals surface area contributed by atoms with Crippen LogP contribution in [0.15, 0.2) is 97.3 Å². The normalized spacial score (nSPS) is 18.4. The van der Waals surface area contributed by atoms with Crippen LogP contribution in [0.3, 0.4) is 0 Å². The smallest absolute Gasteiger partial charge is 0.174 e. The molecule has 2 aromatic heterocycles. The lowest BCUT2D eigenvalue weighted by atomic mass is 10.0. The average Bonchev–Trinajstić information content (AvgIpc) is 3.40. The molecule has 2 atom stereocenters. The minimum atomic E-state index is -0.0580. The van der Waals surface area contributed by atoms with E-state index in [9.17, 15) is 0 Å². The Morgan fingerprint density at radius 2 is 1.60 bits per heavy atom. The summed E-state index contributed by atoms with van der Waals surface area (Å²) in [5, 5.41) is 4.24. The lowest BCUT2D eigenvalue weighted by Crippen LogP contribution is -2.30. The van der Waals surface area contributed by atoms with Crippen LogP contribution in [-0.4, -0.2) is 14.7 Å². The van der Waals surface area contributed by atoms with E-state index in [4.69, 9.17) is 12.2 Å². The van der Waals surface area contributed by atoms with Gasteiger partial charge in [0, 0.05) is 29.5 Å². The van der Waals surface area contributed by atoms with E-state index in [-0.39, 0.29) is 12.1 Å². The molecule has 1 saturated heterocycles. The Morgan fingerprint density at radius 3 is 2.33 bits per heavy atom. The van der Waals surface area contributed by atoms with E-state index in [1.54, 1.807) is 0 Å². The van der Waals surface area contributed by atoms with Crippen molar-refractivity contribution in [2.75, 3.05) is 4.90 Å². The molecule has 5 rings (SSSR count). The van der Waals surface area contributed by atoms with Crippen LogP contribution < -0.4 is 10.2 Å². The van der Waals surface area contributed by atoms with Gasteiger partial charge in [0.2, 0.25) is 0 Å². The summed E-state index contributed by atoms with van der Waals surface area (Å²) in [5.74, 6) is 0. The standard InChI is InChI=1S/C25H22N4S/c1-18-12-14-20(15-13-18)29-24(23(27-25(29)30)21-10-5-6-16-26-21)22-11-7-17-28(22)19-8-3-2-4-9-19/h2-17,23-24H,1H3,(H,27,30)/t23-,24-/m1/s1. The molecule has 1 N–H and O–H groups in total. The van der Waals surface area contributed by atoms with Gasteiger partial charge in [-0.05, 0) is 67.7 Å². The maximum Gasteiger partial charge on any atom is 0.174 e. The molecule has 0 aliphatic carbocycles. The third kappa shape index (κ3) is 3.27. The van der Waals surface area contributed by atoms with Crippen LogP contribution in [0.2, 0.25) is 0 Å². The predicted molar refractivity (Wildman–Crippen MR) is 125 cm³/mol. The zero-order chi connectivity index (χ0) is 20.5. The van der Waals surface area contributed by atoms with Crippen molar-refractivity contribution in [3.8, 4) is 5.69 Å². The Balaban J connectivity index is 1.67. The van der Waals surface area contributed by atoms with Crippen LogP contribution in [-0.2, 0) is 0 Å². The number of hydrogen-bond donors (Lipinski definition) is 1. The van der Waals surface area contributed by atoms with Crippen LogP contribution >= 0.6 is 12.2 Å². The van der Waals surface area contributed by atoms with E-state index in [1.165, 1.54) is 5.56 Å². The Bertz CT molecular complexity index is 1150. The summed E-state index contributed by atoms with van der Waals surface area (Å²) < 4.78 is 2.23. The molecule has 0 unspecified atom stereocenters.